The molecule has 4 N–H and O–H groups in total. The number of guanidine groups is 1. The SMILES string of the molecule is CCNC(=NCCc1c[nH]c2ccc(F)cc12)NC1CCN(CC(=O)NC)CC1.I. The summed E-state index contributed by atoms with van der Waals surface area (Å²) >= 11 is 0. The first-order chi connectivity index (χ1) is 14.1. The van der Waals surface area contributed by atoms with Crippen molar-refractivity contribution in [1.29, 1.82) is 0 Å². The predicted molar refractivity (Wildman–Crippen MR) is 130 cm³/mol. The normalized spacial score (nSPS) is 15.6. The fourth-order valence-electron chi connectivity index (χ4n) is 3.68. The Balaban J connectivity index is 0.00000320. The Morgan fingerprint density at radius 1 is 1.33 bits per heavy atom. The van der Waals surface area contributed by atoms with Crippen molar-refractivity contribution in [3.63, 3.8) is 0 Å². The van der Waals surface area contributed by atoms with Crippen molar-refractivity contribution in [3.05, 3.63) is 35.8 Å². The number of carbonyl (C=O) groups excluding carboxylic acids is 1. The predicted octanol–water partition coefficient (Wildman–Crippen LogP) is 2.23. The molecule has 1 amide bonds. The van der Waals surface area contributed by atoms with E-state index in [1.807, 2.05) is 13.1 Å². The average Bonchev–Trinajstić information content (AvgIpc) is 3.11. The molecule has 166 valence electrons. The number of hydrogen-bond donors (Lipinski definition) is 4. The molecule has 2 heterocycles. The smallest absolute Gasteiger partial charge is 0.233 e. The number of fused-ring (bicyclic) bond motifs is 1. The fraction of sp³-hybridized carbons (Fsp3) is 0.524. The molecule has 1 aromatic heterocycles. The van der Waals surface area contributed by atoms with E-state index in [1.165, 1.54) is 6.07 Å². The Kier molecular flexibility index (Phi) is 9.83. The molecule has 0 radical (unpaired) electrons. The van der Waals surface area contributed by atoms with E-state index in [-0.39, 0.29) is 35.7 Å². The van der Waals surface area contributed by atoms with Gasteiger partial charge in [-0.3, -0.25) is 14.7 Å². The molecular weight excluding hydrogens is 498 g/mol. The van der Waals surface area contributed by atoms with E-state index in [0.717, 1.165) is 61.3 Å². The van der Waals surface area contributed by atoms with Crippen LogP contribution in [0, 0.1) is 5.82 Å². The summed E-state index contributed by atoms with van der Waals surface area (Å²) < 4.78 is 13.5. The van der Waals surface area contributed by atoms with Gasteiger partial charge in [0.05, 0.1) is 6.54 Å². The van der Waals surface area contributed by atoms with Crippen LogP contribution in [0.25, 0.3) is 10.9 Å². The van der Waals surface area contributed by atoms with E-state index in [1.54, 1.807) is 19.2 Å². The molecule has 30 heavy (non-hydrogen) atoms. The van der Waals surface area contributed by atoms with E-state index in [4.69, 9.17) is 4.99 Å². The third-order valence-corrected chi connectivity index (χ3v) is 5.30. The molecular formula is C21H32FIN6O. The monoisotopic (exact) mass is 530 g/mol. The Hall–Kier alpha value is -1.88. The van der Waals surface area contributed by atoms with Crippen molar-refractivity contribution in [1.82, 2.24) is 25.8 Å². The summed E-state index contributed by atoms with van der Waals surface area (Å²) in [6, 6.07) is 5.14. The number of halogens is 2. The van der Waals surface area contributed by atoms with Gasteiger partial charge in [0.15, 0.2) is 5.96 Å². The van der Waals surface area contributed by atoms with E-state index < -0.39 is 0 Å². The summed E-state index contributed by atoms with van der Waals surface area (Å²) in [5.41, 5.74) is 2.01. The number of likely N-dealkylation sites (N-methyl/N-ethyl adjacent to an activating group) is 1. The molecule has 1 aliphatic heterocycles. The van der Waals surface area contributed by atoms with Crippen LogP contribution in [0.15, 0.2) is 29.4 Å². The van der Waals surface area contributed by atoms with Gasteiger partial charge in [-0.25, -0.2) is 4.39 Å². The maximum absolute atomic E-state index is 13.5. The van der Waals surface area contributed by atoms with Crippen LogP contribution in [-0.2, 0) is 11.2 Å². The number of carbonyl (C=O) groups is 1. The highest BCUT2D eigenvalue weighted by Crippen LogP contribution is 2.19. The minimum Gasteiger partial charge on any atom is -0.361 e. The summed E-state index contributed by atoms with van der Waals surface area (Å²) in [6.45, 7) is 5.71. The molecule has 2 aromatic rings. The number of piperidine rings is 1. The molecule has 0 aliphatic carbocycles. The summed E-state index contributed by atoms with van der Waals surface area (Å²) in [5.74, 6) is 0.645. The lowest BCUT2D eigenvalue weighted by Gasteiger charge is -2.32. The van der Waals surface area contributed by atoms with Gasteiger partial charge in [-0.1, -0.05) is 0 Å². The molecule has 1 aliphatic rings. The van der Waals surface area contributed by atoms with E-state index in [0.29, 0.717) is 19.1 Å². The number of aliphatic imine (C=N–C) groups is 1. The molecule has 0 unspecified atom stereocenters. The fourth-order valence-corrected chi connectivity index (χ4v) is 3.68. The van der Waals surface area contributed by atoms with Crippen LogP contribution in [0.3, 0.4) is 0 Å². The van der Waals surface area contributed by atoms with Crippen molar-refractivity contribution in [2.24, 2.45) is 4.99 Å². The standard InChI is InChI=1S/C21H31FN6O.HI/c1-3-24-21(27-17-7-10-28(11-8-17)14-20(29)23-2)25-9-6-15-13-26-19-5-4-16(22)12-18(15)19;/h4-5,12-13,17,26H,3,6-11,14H2,1-2H3,(H,23,29)(H2,24,25,27);1H. The van der Waals surface area contributed by atoms with Crippen molar-refractivity contribution >= 4 is 46.7 Å². The van der Waals surface area contributed by atoms with Crippen LogP contribution in [0.5, 0.6) is 0 Å². The van der Waals surface area contributed by atoms with Gasteiger partial charge in [-0.2, -0.15) is 0 Å². The summed E-state index contributed by atoms with van der Waals surface area (Å²) in [4.78, 5) is 21.6. The topological polar surface area (TPSA) is 84.6 Å². The van der Waals surface area contributed by atoms with E-state index in [2.05, 4.69) is 25.8 Å². The van der Waals surface area contributed by atoms with Crippen LogP contribution >= 0.6 is 24.0 Å². The molecule has 1 fully saturated rings. The molecule has 1 saturated heterocycles. The van der Waals surface area contributed by atoms with Crippen molar-refractivity contribution in [3.8, 4) is 0 Å². The quantitative estimate of drug-likeness (QED) is 0.252. The molecule has 0 atom stereocenters. The van der Waals surface area contributed by atoms with Crippen LogP contribution < -0.4 is 16.0 Å². The van der Waals surface area contributed by atoms with Crippen LogP contribution in [0.1, 0.15) is 25.3 Å². The van der Waals surface area contributed by atoms with E-state index in [9.17, 15) is 9.18 Å². The number of aromatic amines is 1. The number of H-pyrrole nitrogens is 1. The van der Waals surface area contributed by atoms with Gasteiger partial charge in [0.25, 0.3) is 0 Å². The number of likely N-dealkylation sites (tertiary alicyclic amines) is 1. The molecule has 1 aromatic carbocycles. The lowest BCUT2D eigenvalue weighted by Crippen LogP contribution is -2.50. The second-order valence-corrected chi connectivity index (χ2v) is 7.38. The first kappa shape index (κ1) is 24.4. The number of amides is 1. The lowest BCUT2D eigenvalue weighted by atomic mass is 10.1. The number of aromatic nitrogens is 1. The van der Waals surface area contributed by atoms with E-state index >= 15 is 0 Å². The first-order valence-electron chi connectivity index (χ1n) is 10.3. The van der Waals surface area contributed by atoms with Crippen LogP contribution in [0.2, 0.25) is 0 Å². The average molecular weight is 530 g/mol. The molecule has 3 rings (SSSR count). The summed E-state index contributed by atoms with van der Waals surface area (Å²) in [5, 5.41) is 10.4. The first-order valence-corrected chi connectivity index (χ1v) is 10.3. The molecule has 7 nitrogen and oxygen atoms in total. The van der Waals surface area contributed by atoms with Gasteiger partial charge in [-0.15, -0.1) is 24.0 Å². The van der Waals surface area contributed by atoms with Gasteiger partial charge < -0.3 is 20.9 Å². The molecule has 0 saturated carbocycles. The van der Waals surface area contributed by atoms with Gasteiger partial charge in [0.2, 0.25) is 5.91 Å². The molecule has 0 spiro atoms. The van der Waals surface area contributed by atoms with Crippen molar-refractivity contribution in [2.45, 2.75) is 32.2 Å². The third-order valence-electron chi connectivity index (χ3n) is 5.30. The van der Waals surface area contributed by atoms with Crippen LogP contribution in [0.4, 0.5) is 4.39 Å². The Bertz CT molecular complexity index is 847. The Morgan fingerprint density at radius 2 is 2.10 bits per heavy atom. The van der Waals surface area contributed by atoms with Gasteiger partial charge in [0, 0.05) is 56.4 Å². The number of rotatable bonds is 7. The van der Waals surface area contributed by atoms with Gasteiger partial charge in [0.1, 0.15) is 5.82 Å². The number of benzene rings is 1. The summed E-state index contributed by atoms with van der Waals surface area (Å²) in [7, 11) is 1.67. The third kappa shape index (κ3) is 6.83. The summed E-state index contributed by atoms with van der Waals surface area (Å²) in [6.07, 6.45) is 4.62. The van der Waals surface area contributed by atoms with Crippen LogP contribution in [-0.4, -0.2) is 67.6 Å². The van der Waals surface area contributed by atoms with Crippen molar-refractivity contribution in [2.75, 3.05) is 39.8 Å². The maximum atomic E-state index is 13.5. The number of hydrogen-bond acceptors (Lipinski definition) is 3. The molecule has 0 bridgehead atoms. The highest BCUT2D eigenvalue weighted by molar-refractivity contribution is 14.0. The molecule has 9 heteroatoms. The number of nitrogens with zero attached hydrogens (tertiary/aromatic N) is 2. The lowest BCUT2D eigenvalue weighted by molar-refractivity contribution is -0.122. The second kappa shape index (κ2) is 12.1. The largest absolute Gasteiger partial charge is 0.361 e. The zero-order chi connectivity index (χ0) is 20.6. The zero-order valence-electron chi connectivity index (χ0n) is 17.6. The minimum atomic E-state index is -0.223. The Labute approximate surface area is 194 Å². The number of nitrogens with one attached hydrogen (secondary N) is 4. The second-order valence-electron chi connectivity index (χ2n) is 7.38. The highest BCUT2D eigenvalue weighted by atomic mass is 127. The minimum absolute atomic E-state index is 0. The highest BCUT2D eigenvalue weighted by Gasteiger charge is 2.21. The van der Waals surface area contributed by atoms with Gasteiger partial charge in [-0.05, 0) is 49.9 Å². The Morgan fingerprint density at radius 3 is 2.80 bits per heavy atom. The zero-order valence-corrected chi connectivity index (χ0v) is 20.0. The maximum Gasteiger partial charge on any atom is 0.233 e. The van der Waals surface area contributed by atoms with Crippen molar-refractivity contribution < 1.29 is 9.18 Å². The van der Waals surface area contributed by atoms with Gasteiger partial charge >= 0.3 is 0 Å².